The molecule has 0 amide bonds. The molecule has 0 spiro atoms. The molecule has 0 aromatic carbocycles. The third-order valence-electron chi connectivity index (χ3n) is 8.79. The van der Waals surface area contributed by atoms with E-state index in [0.717, 1.165) is 46.6 Å². The maximum Gasteiger partial charge on any atom is -0.0157 e. The van der Waals surface area contributed by atoms with E-state index in [4.69, 9.17) is 0 Å². The van der Waals surface area contributed by atoms with Crippen LogP contribution < -0.4 is 0 Å². The second-order valence-corrected chi connectivity index (χ2v) is 12.5. The molecule has 126 valence electrons. The summed E-state index contributed by atoms with van der Waals surface area (Å²) in [4.78, 5) is 0. The molecule has 4 aliphatic carbocycles. The molecule has 4 saturated carbocycles. The maximum atomic E-state index is 2.71. The van der Waals surface area contributed by atoms with Crippen molar-refractivity contribution in [3.63, 3.8) is 0 Å². The third kappa shape index (κ3) is 2.34. The first-order valence-electron chi connectivity index (χ1n) is 10.2. The minimum absolute atomic E-state index is 0.260. The van der Waals surface area contributed by atoms with Crippen molar-refractivity contribution in [1.82, 2.24) is 0 Å². The fourth-order valence-electron chi connectivity index (χ4n) is 7.91. The first-order valence-corrected chi connectivity index (χ1v) is 12.5. The van der Waals surface area contributed by atoms with Gasteiger partial charge in [0.15, 0.2) is 0 Å². The largest absolute Gasteiger partial charge is 0.109 e. The van der Waals surface area contributed by atoms with Gasteiger partial charge in [0.1, 0.15) is 0 Å². The molecule has 22 heavy (non-hydrogen) atoms. The lowest BCUT2D eigenvalue weighted by Gasteiger charge is -2.56. The second kappa shape index (κ2) is 5.75. The molecule has 0 heterocycles. The zero-order valence-electron chi connectivity index (χ0n) is 15.4. The van der Waals surface area contributed by atoms with Crippen molar-refractivity contribution >= 4 is 7.92 Å². The summed E-state index contributed by atoms with van der Waals surface area (Å²) >= 11 is 0. The highest BCUT2D eigenvalue weighted by molar-refractivity contribution is 7.56. The average molecular weight is 321 g/mol. The third-order valence-corrected chi connectivity index (χ3v) is 10.9. The maximum absolute atomic E-state index is 2.71. The molecule has 1 heteroatoms. The molecule has 0 nitrogen and oxygen atoms in total. The topological polar surface area (TPSA) is 0 Å². The predicted octanol–water partition coefficient (Wildman–Crippen LogP) is 6.39. The Labute approximate surface area is 140 Å². The van der Waals surface area contributed by atoms with Gasteiger partial charge in [0.25, 0.3) is 0 Å². The van der Waals surface area contributed by atoms with Gasteiger partial charge in [-0.1, -0.05) is 20.3 Å². The summed E-state index contributed by atoms with van der Waals surface area (Å²) in [5.74, 6) is 6.61. The number of rotatable bonds is 1. The summed E-state index contributed by atoms with van der Waals surface area (Å²) in [6, 6.07) is 0. The van der Waals surface area contributed by atoms with E-state index in [9.17, 15) is 0 Å². The van der Waals surface area contributed by atoms with Gasteiger partial charge in [-0.2, -0.15) is 0 Å². The second-order valence-electron chi connectivity index (χ2n) is 9.95. The van der Waals surface area contributed by atoms with Crippen LogP contribution in [0.4, 0.5) is 0 Å². The van der Waals surface area contributed by atoms with Crippen molar-refractivity contribution in [2.45, 2.75) is 77.3 Å². The highest BCUT2D eigenvalue weighted by atomic mass is 31.1. The molecular formula is C21H37P. The van der Waals surface area contributed by atoms with Gasteiger partial charge in [-0.05, 0) is 111 Å². The fraction of sp³-hybridized carbons (Fsp3) is 1.00. The Morgan fingerprint density at radius 1 is 0.818 bits per heavy atom. The van der Waals surface area contributed by atoms with Crippen LogP contribution in [0.1, 0.15) is 71.6 Å². The van der Waals surface area contributed by atoms with Gasteiger partial charge in [-0.25, -0.2) is 0 Å². The van der Waals surface area contributed by atoms with Crippen molar-refractivity contribution in [3.8, 4) is 0 Å². The monoisotopic (exact) mass is 320 g/mol. The lowest BCUT2D eigenvalue weighted by Crippen LogP contribution is -2.49. The first kappa shape index (κ1) is 15.9. The molecular weight excluding hydrogens is 283 g/mol. The smallest absolute Gasteiger partial charge is 0.0157 e. The Morgan fingerprint density at radius 3 is 2.36 bits per heavy atom. The molecule has 4 rings (SSSR count). The molecule has 0 radical (unpaired) electrons. The lowest BCUT2D eigenvalue weighted by atomic mass is 9.50. The lowest BCUT2D eigenvalue weighted by molar-refractivity contribution is -0.0542. The van der Waals surface area contributed by atoms with Crippen LogP contribution in [-0.4, -0.2) is 19.0 Å². The van der Waals surface area contributed by atoms with Gasteiger partial charge in [-0.3, -0.25) is 0 Å². The summed E-state index contributed by atoms with van der Waals surface area (Å²) in [6.45, 7) is 10.3. The van der Waals surface area contributed by atoms with E-state index in [1.54, 1.807) is 51.4 Å². The predicted molar refractivity (Wildman–Crippen MR) is 98.8 cm³/mol. The van der Waals surface area contributed by atoms with Crippen molar-refractivity contribution in [2.24, 2.45) is 40.9 Å². The summed E-state index contributed by atoms with van der Waals surface area (Å²) in [7, 11) is 0.260. The minimum atomic E-state index is 0.260. The number of fused-ring (bicyclic) bond motifs is 5. The Morgan fingerprint density at radius 2 is 1.59 bits per heavy atom. The van der Waals surface area contributed by atoms with Crippen LogP contribution in [0.25, 0.3) is 0 Å². The van der Waals surface area contributed by atoms with E-state index in [-0.39, 0.29) is 7.92 Å². The van der Waals surface area contributed by atoms with Crippen LogP contribution in [0.5, 0.6) is 0 Å². The highest BCUT2D eigenvalue weighted by Crippen LogP contribution is 2.67. The van der Waals surface area contributed by atoms with E-state index < -0.39 is 0 Å². The molecule has 4 fully saturated rings. The normalized spacial score (nSPS) is 54.7. The Balaban J connectivity index is 1.55. The van der Waals surface area contributed by atoms with Crippen molar-refractivity contribution < 1.29 is 0 Å². The first-order chi connectivity index (χ1) is 10.5. The van der Waals surface area contributed by atoms with Crippen LogP contribution in [-0.2, 0) is 0 Å². The van der Waals surface area contributed by atoms with Gasteiger partial charge >= 0.3 is 0 Å². The zero-order valence-corrected chi connectivity index (χ0v) is 16.2. The summed E-state index contributed by atoms with van der Waals surface area (Å²) in [5.41, 5.74) is 1.81. The van der Waals surface area contributed by atoms with Crippen LogP contribution in [0, 0.1) is 40.9 Å². The van der Waals surface area contributed by atoms with Gasteiger partial charge in [0, 0.05) is 0 Å². The summed E-state index contributed by atoms with van der Waals surface area (Å²) in [5, 5.41) is 0. The Hall–Kier alpha value is 0.430. The molecule has 0 saturated heterocycles. The average Bonchev–Trinajstić information content (AvgIpc) is 2.84. The minimum Gasteiger partial charge on any atom is -0.109 e. The van der Waals surface area contributed by atoms with E-state index in [1.165, 1.54) is 6.42 Å². The Kier molecular flexibility index (Phi) is 4.17. The van der Waals surface area contributed by atoms with Gasteiger partial charge < -0.3 is 0 Å². The van der Waals surface area contributed by atoms with E-state index in [1.807, 2.05) is 0 Å². The summed E-state index contributed by atoms with van der Waals surface area (Å²) in [6.07, 6.45) is 14.2. The van der Waals surface area contributed by atoms with Crippen LogP contribution in [0.3, 0.4) is 0 Å². The van der Waals surface area contributed by atoms with Crippen molar-refractivity contribution in [3.05, 3.63) is 0 Å². The van der Waals surface area contributed by atoms with Crippen LogP contribution >= 0.6 is 7.92 Å². The SMILES string of the molecule is CC1CCC2C(CCC3C2CCC2(C)C3CCC2P(C)C)C1. The molecule has 4 aliphatic rings. The van der Waals surface area contributed by atoms with Crippen molar-refractivity contribution in [2.75, 3.05) is 13.3 Å². The van der Waals surface area contributed by atoms with Gasteiger partial charge in [0.05, 0.1) is 0 Å². The molecule has 8 unspecified atom stereocenters. The molecule has 0 aliphatic heterocycles. The van der Waals surface area contributed by atoms with Crippen molar-refractivity contribution in [1.29, 1.82) is 0 Å². The van der Waals surface area contributed by atoms with Gasteiger partial charge in [0.2, 0.25) is 0 Å². The molecule has 0 bridgehead atoms. The highest BCUT2D eigenvalue weighted by Gasteiger charge is 2.57. The molecule has 0 N–H and O–H groups in total. The Bertz CT molecular complexity index is 416. The van der Waals surface area contributed by atoms with E-state index in [0.29, 0.717) is 0 Å². The number of hydrogen-bond donors (Lipinski definition) is 0. The molecule has 0 aromatic rings. The summed E-state index contributed by atoms with van der Waals surface area (Å²) < 4.78 is 0. The standard InChI is InChI=1S/C21H37P/c1-14-5-7-16-15(13-14)6-8-18-17(16)11-12-21(2)19(18)9-10-20(21)22(3)4/h14-20H,5-13H2,1-4H3. The molecule has 8 atom stereocenters. The fourth-order valence-corrected chi connectivity index (χ4v) is 10.1. The van der Waals surface area contributed by atoms with E-state index in [2.05, 4.69) is 27.2 Å². The van der Waals surface area contributed by atoms with Crippen LogP contribution in [0.2, 0.25) is 0 Å². The van der Waals surface area contributed by atoms with Gasteiger partial charge in [-0.15, -0.1) is 7.92 Å². The zero-order chi connectivity index (χ0) is 15.5. The molecule has 0 aromatic heterocycles. The van der Waals surface area contributed by atoms with E-state index >= 15 is 0 Å². The number of hydrogen-bond acceptors (Lipinski definition) is 0. The quantitative estimate of drug-likeness (QED) is 0.491. The van der Waals surface area contributed by atoms with Crippen LogP contribution in [0.15, 0.2) is 0 Å².